The summed E-state index contributed by atoms with van der Waals surface area (Å²) in [5.41, 5.74) is 0. The molecule has 0 aliphatic rings. The van der Waals surface area contributed by atoms with Crippen LogP contribution in [-0.4, -0.2) is 20.4 Å². The van der Waals surface area contributed by atoms with Crippen molar-refractivity contribution in [2.75, 3.05) is 0 Å². The molecule has 5 heteroatoms. The Morgan fingerprint density at radius 2 is 1.09 bits per heavy atom. The third-order valence-electron chi connectivity index (χ3n) is 3.06. The Hall–Kier alpha value is 0.467. The summed E-state index contributed by atoms with van der Waals surface area (Å²) in [5.74, 6) is 0. The van der Waals surface area contributed by atoms with Crippen LogP contribution in [0.15, 0.2) is 48.5 Å². The average molecular weight is 451 g/mol. The van der Waals surface area contributed by atoms with Gasteiger partial charge in [0.25, 0.3) is 0 Å². The average Bonchev–Trinajstić information content (AvgIpc) is 3.02. The first-order valence-corrected chi connectivity index (χ1v) is 22.5. The molecule has 0 aliphatic carbocycles. The molecule has 0 bridgehead atoms. The van der Waals surface area contributed by atoms with Crippen molar-refractivity contribution in [2.24, 2.45) is 0 Å². The third kappa shape index (κ3) is 11.1. The summed E-state index contributed by atoms with van der Waals surface area (Å²) >= 11 is -1.85. The van der Waals surface area contributed by atoms with E-state index in [4.69, 9.17) is 17.0 Å². The summed E-state index contributed by atoms with van der Waals surface area (Å²) in [5, 5.41) is 3.12. The maximum atomic E-state index is 5.13. The zero-order valence-corrected chi connectivity index (χ0v) is 20.6. The van der Waals surface area contributed by atoms with Crippen molar-refractivity contribution >= 4 is 47.8 Å². The van der Waals surface area contributed by atoms with E-state index in [1.165, 1.54) is 0 Å². The zero-order chi connectivity index (χ0) is 17.4. The van der Waals surface area contributed by atoms with Gasteiger partial charge in [-0.25, -0.2) is 22.5 Å². The fourth-order valence-corrected chi connectivity index (χ4v) is 4.13. The Kier molecular flexibility index (Phi) is 10.6. The molecule has 0 saturated heterocycles. The van der Waals surface area contributed by atoms with Crippen molar-refractivity contribution in [1.29, 1.82) is 0 Å². The molecule has 0 aliphatic heterocycles. The van der Waals surface area contributed by atoms with Gasteiger partial charge in [0, 0.05) is 16.1 Å². The number of halogens is 2. The van der Waals surface area contributed by atoms with Gasteiger partial charge in [0.05, 0.1) is 0 Å². The molecule has 124 valence electrons. The van der Waals surface area contributed by atoms with Gasteiger partial charge in [0.15, 0.2) is 0 Å². The van der Waals surface area contributed by atoms with Crippen LogP contribution in [0.2, 0.25) is 39.3 Å². The molecular weight excluding hydrogens is 422 g/mol. The number of hydrogen-bond acceptors (Lipinski definition) is 0. The van der Waals surface area contributed by atoms with Crippen LogP contribution in [0.5, 0.6) is 0 Å². The Labute approximate surface area is 153 Å². The first-order chi connectivity index (χ1) is 9.94. The van der Waals surface area contributed by atoms with E-state index in [1.54, 1.807) is 10.4 Å². The van der Waals surface area contributed by atoms with E-state index in [2.05, 4.69) is 92.0 Å². The van der Waals surface area contributed by atoms with Crippen LogP contribution < -0.4 is 10.4 Å². The molecule has 0 nitrogen and oxygen atoms in total. The molecular formula is C17H28Cl2Si2Zr-2. The molecule has 0 saturated carbocycles. The second-order valence-electron chi connectivity index (χ2n) is 7.19. The van der Waals surface area contributed by atoms with Gasteiger partial charge in [-0.15, -0.1) is 0 Å². The maximum absolute atomic E-state index is 5.13. The molecule has 2 aromatic carbocycles. The molecule has 2 aromatic rings. The third-order valence-corrected chi connectivity index (χ3v) is 7.19. The van der Waals surface area contributed by atoms with Crippen molar-refractivity contribution in [3.63, 3.8) is 0 Å². The minimum atomic E-state index is -1.85. The molecule has 0 unspecified atom stereocenters. The van der Waals surface area contributed by atoms with Crippen molar-refractivity contribution < 1.29 is 18.9 Å². The fraction of sp³-hybridized carbons (Fsp3) is 0.353. The van der Waals surface area contributed by atoms with Gasteiger partial charge in [0.1, 0.15) is 0 Å². The van der Waals surface area contributed by atoms with Gasteiger partial charge in [0.2, 0.25) is 0 Å². The Bertz CT molecular complexity index is 470. The Morgan fingerprint density at radius 3 is 1.18 bits per heavy atom. The molecule has 0 amide bonds. The van der Waals surface area contributed by atoms with E-state index >= 15 is 0 Å². The first kappa shape index (κ1) is 22.5. The van der Waals surface area contributed by atoms with Crippen molar-refractivity contribution in [2.45, 2.75) is 39.3 Å². The Morgan fingerprint density at radius 1 is 0.818 bits per heavy atom. The van der Waals surface area contributed by atoms with E-state index in [0.29, 0.717) is 0 Å². The molecule has 0 aromatic heterocycles. The molecule has 2 rings (SSSR count). The summed E-state index contributed by atoms with van der Waals surface area (Å²) in [6.07, 6.45) is 0. The van der Waals surface area contributed by atoms with E-state index in [9.17, 15) is 0 Å². The van der Waals surface area contributed by atoms with Crippen LogP contribution in [0.1, 0.15) is 0 Å². The summed E-state index contributed by atoms with van der Waals surface area (Å²) in [7, 11) is 8.29. The summed E-state index contributed by atoms with van der Waals surface area (Å²) < 4.78 is 3.37. The molecule has 0 spiro atoms. The van der Waals surface area contributed by atoms with Crippen LogP contribution in [0.4, 0.5) is 0 Å². The second-order valence-corrected chi connectivity index (χ2v) is 25.5. The van der Waals surface area contributed by atoms with Crippen LogP contribution in [-0.2, 0) is 18.9 Å². The van der Waals surface area contributed by atoms with Gasteiger partial charge in [-0.2, -0.15) is 36.4 Å². The summed E-state index contributed by atoms with van der Waals surface area (Å²) in [4.78, 5) is 0. The van der Waals surface area contributed by atoms with Crippen molar-refractivity contribution in [1.82, 2.24) is 0 Å². The number of rotatable bonds is 2. The van der Waals surface area contributed by atoms with Crippen LogP contribution in [0, 0.1) is 0 Å². The molecule has 22 heavy (non-hydrogen) atoms. The SMILES string of the molecule is C[Si](C)(C)c1cc[cH-]c1.C[Si](C)(C)c1cc[cH-]c1.[CH2]=[Zr]([Cl])[Cl]. The van der Waals surface area contributed by atoms with Gasteiger partial charge in [-0.1, -0.05) is 39.3 Å². The molecule has 0 fully saturated rings. The van der Waals surface area contributed by atoms with Crippen molar-refractivity contribution in [3.05, 3.63) is 48.5 Å². The molecule has 0 atom stereocenters. The Balaban J connectivity index is 0.000000326. The van der Waals surface area contributed by atoms with E-state index in [1.807, 2.05) is 0 Å². The van der Waals surface area contributed by atoms with Crippen LogP contribution in [0.25, 0.3) is 0 Å². The standard InChI is InChI=1S/2C8H13Si.CH2.2ClH.Zr/c2*1-9(2,3)8-6-4-5-7-8;;;;/h2*4-7H,1-3H3;1H2;2*1H;/q2*-1;;;;+2/p-2. The topological polar surface area (TPSA) is 0 Å². The number of hydrogen-bond donors (Lipinski definition) is 0. The quantitative estimate of drug-likeness (QED) is 0.433. The predicted molar refractivity (Wildman–Crippen MR) is 109 cm³/mol. The van der Waals surface area contributed by atoms with E-state index in [-0.39, 0.29) is 0 Å². The molecule has 0 N–H and O–H groups in total. The normalized spacial score (nSPS) is 10.9. The van der Waals surface area contributed by atoms with Gasteiger partial charge in [-0.05, 0) is 0 Å². The predicted octanol–water partition coefficient (Wildman–Crippen LogP) is 5.25. The summed E-state index contributed by atoms with van der Waals surface area (Å²) in [6, 6.07) is 17.4. The van der Waals surface area contributed by atoms with Gasteiger partial charge >= 0.3 is 40.1 Å². The van der Waals surface area contributed by atoms with Crippen molar-refractivity contribution in [3.8, 4) is 0 Å². The minimum absolute atomic E-state index is 0.981. The fourth-order valence-electron chi connectivity index (χ4n) is 1.75. The van der Waals surface area contributed by atoms with Crippen LogP contribution in [0.3, 0.4) is 0 Å². The van der Waals surface area contributed by atoms with Gasteiger partial charge in [-0.3, -0.25) is 0 Å². The zero-order valence-electron chi connectivity index (χ0n) is 14.6. The van der Waals surface area contributed by atoms with E-state index < -0.39 is 35.0 Å². The van der Waals surface area contributed by atoms with E-state index in [0.717, 1.165) is 0 Å². The monoisotopic (exact) mass is 448 g/mol. The van der Waals surface area contributed by atoms with Crippen LogP contribution >= 0.6 is 17.0 Å². The molecule has 0 heterocycles. The van der Waals surface area contributed by atoms with Gasteiger partial charge < -0.3 is 0 Å². The molecule has 0 radical (unpaired) electrons. The summed E-state index contributed by atoms with van der Waals surface area (Å²) in [6.45, 7) is 14.2. The first-order valence-electron chi connectivity index (χ1n) is 7.39. The second kappa shape index (κ2) is 10.4.